The molecule has 2 aliphatic rings. The first-order valence-corrected chi connectivity index (χ1v) is 9.74. The summed E-state index contributed by atoms with van der Waals surface area (Å²) in [7, 11) is 0. The summed E-state index contributed by atoms with van der Waals surface area (Å²) in [5.74, 6) is -0.00222. The van der Waals surface area contributed by atoms with E-state index in [2.05, 4.69) is 10.6 Å². The third-order valence-electron chi connectivity index (χ3n) is 4.99. The van der Waals surface area contributed by atoms with E-state index >= 15 is 0 Å². The molecule has 0 aliphatic carbocycles. The van der Waals surface area contributed by atoms with Gasteiger partial charge in [-0.05, 0) is 49.9 Å². The van der Waals surface area contributed by atoms with Crippen LogP contribution in [0.2, 0.25) is 0 Å². The highest BCUT2D eigenvalue weighted by molar-refractivity contribution is 5.96. The molecule has 2 aliphatic heterocycles. The highest BCUT2D eigenvalue weighted by Crippen LogP contribution is 2.15. The largest absolute Gasteiger partial charge is 0.377 e. The first-order valence-electron chi connectivity index (χ1n) is 9.74. The van der Waals surface area contributed by atoms with Crippen molar-refractivity contribution in [2.24, 2.45) is 0 Å². The molecule has 0 radical (unpaired) electrons. The van der Waals surface area contributed by atoms with Crippen LogP contribution in [0.25, 0.3) is 0 Å². The van der Waals surface area contributed by atoms with Crippen LogP contribution in [0.15, 0.2) is 24.3 Å². The van der Waals surface area contributed by atoms with Gasteiger partial charge in [0.1, 0.15) is 0 Å². The summed E-state index contributed by atoms with van der Waals surface area (Å²) < 4.78 is 5.52. The zero-order valence-electron chi connectivity index (χ0n) is 15.3. The Labute approximate surface area is 155 Å². The van der Waals surface area contributed by atoms with Crippen LogP contribution in [-0.2, 0) is 9.53 Å². The van der Waals surface area contributed by atoms with Crippen molar-refractivity contribution in [3.8, 4) is 0 Å². The van der Waals surface area contributed by atoms with Crippen molar-refractivity contribution in [3.05, 3.63) is 29.8 Å². The number of benzene rings is 1. The van der Waals surface area contributed by atoms with Crippen molar-refractivity contribution in [2.75, 3.05) is 38.1 Å². The Morgan fingerprint density at radius 3 is 2.42 bits per heavy atom. The number of hydrogen-bond acceptors (Lipinski definition) is 4. The average molecular weight is 359 g/mol. The number of hydrogen-bond donors (Lipinski definition) is 2. The third kappa shape index (κ3) is 5.54. The number of likely N-dealkylation sites (tertiary alicyclic amines) is 1. The van der Waals surface area contributed by atoms with E-state index in [9.17, 15) is 9.59 Å². The molecule has 0 spiro atoms. The topological polar surface area (TPSA) is 70.7 Å². The lowest BCUT2D eigenvalue weighted by molar-refractivity contribution is -0.115. The Morgan fingerprint density at radius 1 is 1.04 bits per heavy atom. The predicted octanol–water partition coefficient (Wildman–Crippen LogP) is 2.41. The minimum atomic E-state index is -0.0883. The summed E-state index contributed by atoms with van der Waals surface area (Å²) in [6.45, 7) is 3.47. The van der Waals surface area contributed by atoms with Gasteiger partial charge in [0.25, 0.3) is 5.91 Å². The Kier molecular flexibility index (Phi) is 7.03. The molecule has 6 heteroatoms. The fourth-order valence-corrected chi connectivity index (χ4v) is 3.51. The van der Waals surface area contributed by atoms with Crippen LogP contribution in [0.1, 0.15) is 48.9 Å². The molecule has 1 atom stereocenters. The molecule has 0 unspecified atom stereocenters. The number of amides is 2. The van der Waals surface area contributed by atoms with Gasteiger partial charge >= 0.3 is 0 Å². The Bertz CT molecular complexity index is 589. The summed E-state index contributed by atoms with van der Waals surface area (Å²) in [4.78, 5) is 26.5. The molecule has 1 aromatic carbocycles. The van der Waals surface area contributed by atoms with Gasteiger partial charge in [-0.3, -0.25) is 9.59 Å². The molecule has 1 aromatic rings. The number of rotatable bonds is 6. The van der Waals surface area contributed by atoms with Gasteiger partial charge in [-0.25, -0.2) is 0 Å². The Hall–Kier alpha value is -1.92. The highest BCUT2D eigenvalue weighted by Gasteiger charge is 2.17. The first kappa shape index (κ1) is 18.9. The number of nitrogens with zero attached hydrogens (tertiary/aromatic N) is 1. The van der Waals surface area contributed by atoms with Crippen molar-refractivity contribution in [1.29, 1.82) is 0 Å². The van der Waals surface area contributed by atoms with Crippen LogP contribution in [0.4, 0.5) is 5.69 Å². The van der Waals surface area contributed by atoms with Gasteiger partial charge < -0.3 is 20.3 Å². The number of nitrogens with one attached hydrogen (secondary N) is 2. The highest BCUT2D eigenvalue weighted by atomic mass is 16.5. The lowest BCUT2D eigenvalue weighted by Crippen LogP contribution is -2.33. The minimum absolute atomic E-state index is 0.0861. The van der Waals surface area contributed by atoms with E-state index in [4.69, 9.17) is 4.74 Å². The minimum Gasteiger partial charge on any atom is -0.377 e. The number of anilines is 1. The summed E-state index contributed by atoms with van der Waals surface area (Å²) in [5, 5.41) is 5.98. The van der Waals surface area contributed by atoms with Gasteiger partial charge in [0, 0.05) is 37.5 Å². The molecular weight excluding hydrogens is 330 g/mol. The average Bonchev–Trinajstić information content (AvgIpc) is 3.02. The van der Waals surface area contributed by atoms with Gasteiger partial charge in [-0.15, -0.1) is 0 Å². The van der Waals surface area contributed by atoms with Crippen LogP contribution in [0, 0.1) is 0 Å². The quantitative estimate of drug-likeness (QED) is 0.818. The second-order valence-electron chi connectivity index (χ2n) is 7.10. The zero-order chi connectivity index (χ0) is 18.2. The van der Waals surface area contributed by atoms with Gasteiger partial charge in [0.2, 0.25) is 5.91 Å². The third-order valence-corrected chi connectivity index (χ3v) is 4.99. The number of ether oxygens (including phenoxy) is 1. The molecule has 2 fully saturated rings. The van der Waals surface area contributed by atoms with Crippen molar-refractivity contribution in [1.82, 2.24) is 10.2 Å². The summed E-state index contributed by atoms with van der Waals surface area (Å²) in [6, 6.07) is 7.18. The van der Waals surface area contributed by atoms with Gasteiger partial charge in [-0.1, -0.05) is 12.8 Å². The smallest absolute Gasteiger partial charge is 0.253 e. The summed E-state index contributed by atoms with van der Waals surface area (Å²) >= 11 is 0. The monoisotopic (exact) mass is 359 g/mol. The molecule has 142 valence electrons. The molecule has 2 saturated heterocycles. The molecule has 2 heterocycles. The van der Waals surface area contributed by atoms with E-state index in [0.717, 1.165) is 45.4 Å². The van der Waals surface area contributed by atoms with E-state index < -0.39 is 0 Å². The van der Waals surface area contributed by atoms with E-state index in [1.807, 2.05) is 4.90 Å². The fraction of sp³-hybridized carbons (Fsp3) is 0.600. The van der Waals surface area contributed by atoms with Crippen molar-refractivity contribution in [2.45, 2.75) is 44.6 Å². The normalized spacial score (nSPS) is 20.6. The SMILES string of the molecule is O=C(CNC[C@@H]1CCCO1)Nc1ccc(C(=O)N2CCCCCC2)cc1. The molecule has 2 N–H and O–H groups in total. The molecule has 0 bridgehead atoms. The first-order chi connectivity index (χ1) is 12.7. The van der Waals surface area contributed by atoms with Crippen LogP contribution in [0.3, 0.4) is 0 Å². The van der Waals surface area contributed by atoms with Gasteiger partial charge in [-0.2, -0.15) is 0 Å². The zero-order valence-corrected chi connectivity index (χ0v) is 15.3. The van der Waals surface area contributed by atoms with Crippen LogP contribution in [0.5, 0.6) is 0 Å². The summed E-state index contributed by atoms with van der Waals surface area (Å²) in [6.07, 6.45) is 6.96. The van der Waals surface area contributed by atoms with Gasteiger partial charge in [0.15, 0.2) is 0 Å². The number of carbonyl (C=O) groups is 2. The molecule has 6 nitrogen and oxygen atoms in total. The van der Waals surface area contributed by atoms with Crippen LogP contribution >= 0.6 is 0 Å². The molecule has 0 aromatic heterocycles. The second kappa shape index (κ2) is 9.69. The van der Waals surface area contributed by atoms with Gasteiger partial charge in [0.05, 0.1) is 12.6 Å². The molecule has 26 heavy (non-hydrogen) atoms. The maximum Gasteiger partial charge on any atom is 0.253 e. The number of carbonyl (C=O) groups excluding carboxylic acids is 2. The molecule has 3 rings (SSSR count). The second-order valence-corrected chi connectivity index (χ2v) is 7.10. The van der Waals surface area contributed by atoms with Crippen LogP contribution < -0.4 is 10.6 Å². The Morgan fingerprint density at radius 2 is 1.77 bits per heavy atom. The molecule has 0 saturated carbocycles. The molecule has 2 amide bonds. The fourth-order valence-electron chi connectivity index (χ4n) is 3.51. The van der Waals surface area contributed by atoms with E-state index in [0.29, 0.717) is 17.8 Å². The maximum absolute atomic E-state index is 12.6. The maximum atomic E-state index is 12.6. The molecular formula is C20H29N3O3. The van der Waals surface area contributed by atoms with E-state index in [-0.39, 0.29) is 24.5 Å². The Balaban J connectivity index is 1.44. The van der Waals surface area contributed by atoms with E-state index in [1.165, 1.54) is 12.8 Å². The standard InChI is InChI=1S/C20H29N3O3/c24-19(15-21-14-18-6-5-13-26-18)22-17-9-7-16(8-10-17)20(25)23-11-3-1-2-4-12-23/h7-10,18,21H,1-6,11-15H2,(H,22,24)/t18-/m0/s1. The van der Waals surface area contributed by atoms with Crippen molar-refractivity contribution in [3.63, 3.8) is 0 Å². The van der Waals surface area contributed by atoms with Crippen molar-refractivity contribution >= 4 is 17.5 Å². The van der Waals surface area contributed by atoms with E-state index in [1.54, 1.807) is 24.3 Å². The predicted molar refractivity (Wildman–Crippen MR) is 101 cm³/mol. The summed E-state index contributed by atoms with van der Waals surface area (Å²) in [5.41, 5.74) is 1.39. The van der Waals surface area contributed by atoms with Crippen molar-refractivity contribution < 1.29 is 14.3 Å². The van der Waals surface area contributed by atoms with Crippen LogP contribution in [-0.4, -0.2) is 55.6 Å². The lowest BCUT2D eigenvalue weighted by Gasteiger charge is -2.20. The lowest BCUT2D eigenvalue weighted by atomic mass is 10.1.